The topological polar surface area (TPSA) is 85.2 Å². The Morgan fingerprint density at radius 1 is 1.89 bits per heavy atom. The molecule has 1 heterocycles. The number of carbonyl (C=O) groups excluding carboxylic acids is 1. The summed E-state index contributed by atoms with van der Waals surface area (Å²) in [6, 6.07) is 0. The first kappa shape index (κ1) is 5.70. The number of hydrogen-bond donors (Lipinski definition) is 1. The lowest BCUT2D eigenvalue weighted by molar-refractivity contribution is -0.107. The molecule has 2 N–H and O–H groups in total. The van der Waals surface area contributed by atoms with Gasteiger partial charge in [0.25, 0.3) is 0 Å². The summed E-state index contributed by atoms with van der Waals surface area (Å²) in [5.41, 5.74) is 0. The maximum Gasteiger partial charge on any atom is 0.229 e. The van der Waals surface area contributed by atoms with Crippen molar-refractivity contribution in [3.8, 4) is 0 Å². The average molecular weight is 128 g/mol. The molecule has 0 fully saturated rings. The number of anilines is 1. The molecule has 0 saturated carbocycles. The summed E-state index contributed by atoms with van der Waals surface area (Å²) in [5, 5.41) is 7.19. The Balaban J connectivity index is 2.76. The zero-order chi connectivity index (χ0) is 6.69. The van der Waals surface area contributed by atoms with E-state index in [0.29, 0.717) is 6.41 Å². The zero-order valence-electron chi connectivity index (χ0n) is 4.39. The van der Waals surface area contributed by atoms with Crippen molar-refractivity contribution in [3.63, 3.8) is 0 Å². The molecule has 0 bridgehead atoms. The SMILES string of the molecule is NN(C=O)c1conn1. The second-order valence-corrected chi connectivity index (χ2v) is 1.28. The third-order valence-corrected chi connectivity index (χ3v) is 0.727. The van der Waals surface area contributed by atoms with Gasteiger partial charge in [-0.2, -0.15) is 0 Å². The largest absolute Gasteiger partial charge is 0.343 e. The lowest BCUT2D eigenvalue weighted by atomic mass is 10.7. The van der Waals surface area contributed by atoms with Gasteiger partial charge in [0.15, 0.2) is 6.26 Å². The fourth-order valence-corrected chi connectivity index (χ4v) is 0.326. The van der Waals surface area contributed by atoms with Crippen molar-refractivity contribution in [2.24, 2.45) is 5.84 Å². The van der Waals surface area contributed by atoms with Gasteiger partial charge in [0.2, 0.25) is 12.2 Å². The maximum absolute atomic E-state index is 9.89. The van der Waals surface area contributed by atoms with Crippen LogP contribution in [0.25, 0.3) is 0 Å². The number of hydrazine groups is 1. The Kier molecular flexibility index (Phi) is 1.41. The fraction of sp³-hybridized carbons (Fsp3) is 0. The van der Waals surface area contributed by atoms with Crippen LogP contribution in [0.15, 0.2) is 10.8 Å². The summed E-state index contributed by atoms with van der Waals surface area (Å²) >= 11 is 0. The average Bonchev–Trinajstić information content (AvgIpc) is 2.37. The lowest BCUT2D eigenvalue weighted by Crippen LogP contribution is -2.28. The number of amides is 1. The smallest absolute Gasteiger partial charge is 0.229 e. The minimum Gasteiger partial charge on any atom is -0.343 e. The monoisotopic (exact) mass is 128 g/mol. The van der Waals surface area contributed by atoms with E-state index in [1.54, 1.807) is 0 Å². The number of aromatic nitrogens is 2. The number of hydrogen-bond acceptors (Lipinski definition) is 5. The van der Waals surface area contributed by atoms with Crippen molar-refractivity contribution in [1.29, 1.82) is 0 Å². The van der Waals surface area contributed by atoms with Crippen molar-refractivity contribution in [2.45, 2.75) is 0 Å². The second kappa shape index (κ2) is 2.23. The molecular formula is C3H4N4O2. The Morgan fingerprint density at radius 3 is 3.11 bits per heavy atom. The molecule has 6 nitrogen and oxygen atoms in total. The summed E-state index contributed by atoms with van der Waals surface area (Å²) in [6.45, 7) is 0. The Bertz CT molecular complexity index is 184. The van der Waals surface area contributed by atoms with Crippen LogP contribution in [-0.4, -0.2) is 16.8 Å². The first-order valence-electron chi connectivity index (χ1n) is 2.11. The summed E-state index contributed by atoms with van der Waals surface area (Å²) < 4.78 is 4.30. The van der Waals surface area contributed by atoms with E-state index < -0.39 is 0 Å². The lowest BCUT2D eigenvalue weighted by Gasteiger charge is -2.00. The Morgan fingerprint density at radius 2 is 2.67 bits per heavy atom. The maximum atomic E-state index is 9.89. The molecule has 1 aromatic rings. The Hall–Kier alpha value is -1.43. The van der Waals surface area contributed by atoms with Gasteiger partial charge in [-0.15, -0.1) is 0 Å². The quantitative estimate of drug-likeness (QED) is 0.236. The second-order valence-electron chi connectivity index (χ2n) is 1.28. The molecule has 9 heavy (non-hydrogen) atoms. The molecular weight excluding hydrogens is 124 g/mol. The van der Waals surface area contributed by atoms with E-state index >= 15 is 0 Å². The zero-order valence-corrected chi connectivity index (χ0v) is 4.39. The van der Waals surface area contributed by atoms with Crippen LogP contribution in [0.1, 0.15) is 0 Å². The molecule has 6 heteroatoms. The summed E-state index contributed by atoms with van der Waals surface area (Å²) in [7, 11) is 0. The van der Waals surface area contributed by atoms with Crippen LogP contribution in [0.5, 0.6) is 0 Å². The molecule has 0 unspecified atom stereocenters. The van der Waals surface area contributed by atoms with E-state index in [1.165, 1.54) is 0 Å². The minimum absolute atomic E-state index is 0.185. The summed E-state index contributed by atoms with van der Waals surface area (Å²) in [6.07, 6.45) is 1.56. The van der Waals surface area contributed by atoms with Crippen LogP contribution in [-0.2, 0) is 4.79 Å². The van der Waals surface area contributed by atoms with E-state index in [4.69, 9.17) is 5.84 Å². The van der Waals surface area contributed by atoms with Crippen molar-refractivity contribution >= 4 is 12.2 Å². The fourth-order valence-electron chi connectivity index (χ4n) is 0.326. The Labute approximate surface area is 50.2 Å². The van der Waals surface area contributed by atoms with Crippen molar-refractivity contribution in [1.82, 2.24) is 10.4 Å². The highest BCUT2D eigenvalue weighted by atomic mass is 16.5. The van der Waals surface area contributed by atoms with Gasteiger partial charge in [-0.05, 0) is 0 Å². The normalized spacial score (nSPS) is 9.00. The number of nitrogens with zero attached hydrogens (tertiary/aromatic N) is 3. The molecule has 0 aliphatic heterocycles. The van der Waals surface area contributed by atoms with E-state index in [9.17, 15) is 4.79 Å². The first-order valence-corrected chi connectivity index (χ1v) is 2.11. The van der Waals surface area contributed by atoms with Gasteiger partial charge in [0.1, 0.15) is 0 Å². The van der Waals surface area contributed by atoms with Gasteiger partial charge in [-0.3, -0.25) is 4.79 Å². The highest BCUT2D eigenvalue weighted by Gasteiger charge is 2.01. The molecule has 0 radical (unpaired) electrons. The standard InChI is InChI=1S/C3H4N4O2/c4-7(2-8)3-1-9-6-5-3/h1-2H,4H2. The predicted octanol–water partition coefficient (Wildman–Crippen LogP) is -1.09. The van der Waals surface area contributed by atoms with Crippen LogP contribution in [0.4, 0.5) is 5.82 Å². The van der Waals surface area contributed by atoms with Gasteiger partial charge in [-0.1, -0.05) is 5.10 Å². The molecule has 0 aliphatic rings. The van der Waals surface area contributed by atoms with E-state index in [0.717, 1.165) is 11.3 Å². The molecule has 0 spiro atoms. The molecule has 1 rings (SSSR count). The van der Waals surface area contributed by atoms with Gasteiger partial charge in [-0.25, -0.2) is 10.9 Å². The van der Waals surface area contributed by atoms with E-state index in [1.807, 2.05) is 0 Å². The van der Waals surface area contributed by atoms with E-state index in [2.05, 4.69) is 14.9 Å². The number of nitrogens with two attached hydrogens (primary N) is 1. The van der Waals surface area contributed by atoms with Crippen LogP contribution >= 0.6 is 0 Å². The minimum atomic E-state index is 0.185. The highest BCUT2D eigenvalue weighted by Crippen LogP contribution is 1.99. The molecule has 0 aliphatic carbocycles. The third-order valence-electron chi connectivity index (χ3n) is 0.727. The molecule has 48 valence electrons. The molecule has 1 aromatic heterocycles. The molecule has 0 aromatic carbocycles. The van der Waals surface area contributed by atoms with Crippen molar-refractivity contribution in [2.75, 3.05) is 5.01 Å². The van der Waals surface area contributed by atoms with Crippen molar-refractivity contribution < 1.29 is 9.32 Å². The van der Waals surface area contributed by atoms with Crippen LogP contribution < -0.4 is 10.9 Å². The highest BCUT2D eigenvalue weighted by molar-refractivity contribution is 5.69. The molecule has 0 saturated heterocycles. The van der Waals surface area contributed by atoms with Crippen LogP contribution in [0.2, 0.25) is 0 Å². The molecule has 0 atom stereocenters. The van der Waals surface area contributed by atoms with Gasteiger partial charge < -0.3 is 4.52 Å². The van der Waals surface area contributed by atoms with Crippen LogP contribution in [0, 0.1) is 0 Å². The van der Waals surface area contributed by atoms with Crippen LogP contribution in [0.3, 0.4) is 0 Å². The summed E-state index contributed by atoms with van der Waals surface area (Å²) in [5.74, 6) is 5.23. The van der Waals surface area contributed by atoms with Gasteiger partial charge in [0, 0.05) is 5.27 Å². The third kappa shape index (κ3) is 1.03. The van der Waals surface area contributed by atoms with E-state index in [-0.39, 0.29) is 5.82 Å². The van der Waals surface area contributed by atoms with Gasteiger partial charge >= 0.3 is 0 Å². The number of carbonyl (C=O) groups is 1. The summed E-state index contributed by atoms with van der Waals surface area (Å²) in [4.78, 5) is 9.89. The molecule has 1 amide bonds. The number of rotatable bonds is 2. The van der Waals surface area contributed by atoms with Crippen molar-refractivity contribution in [3.05, 3.63) is 6.26 Å². The predicted molar refractivity (Wildman–Crippen MR) is 27.0 cm³/mol. The first-order chi connectivity index (χ1) is 4.34. The van der Waals surface area contributed by atoms with Gasteiger partial charge in [0.05, 0.1) is 0 Å².